The third-order valence-electron chi connectivity index (χ3n) is 5.46. The number of anilines is 1. The van der Waals surface area contributed by atoms with Gasteiger partial charge in [-0.05, 0) is 55.0 Å². The van der Waals surface area contributed by atoms with Crippen molar-refractivity contribution >= 4 is 23.3 Å². The van der Waals surface area contributed by atoms with Crippen LogP contribution >= 0.6 is 0 Å². The number of urea groups is 1. The monoisotopic (exact) mass is 406 g/mol. The van der Waals surface area contributed by atoms with Gasteiger partial charge in [0.2, 0.25) is 0 Å². The number of carbonyl (C=O) groups excluding carboxylic acids is 2. The maximum absolute atomic E-state index is 12.9. The standard InChI is InChI=1S/C24H30N4O2/c1-4-18-10-8-12-20(15-18)26-24(30)25-14-13-21-22(5-2)27-28(23(21)29)16-19-11-7-6-9-17(19)3/h6-12,15,21H,4-5,13-14,16H2,1-3H3,(H2,25,26,30). The highest BCUT2D eigenvalue weighted by molar-refractivity contribution is 6.07. The van der Waals surface area contributed by atoms with Gasteiger partial charge >= 0.3 is 6.03 Å². The zero-order valence-electron chi connectivity index (χ0n) is 17.9. The van der Waals surface area contributed by atoms with Crippen LogP contribution in [0.1, 0.15) is 43.4 Å². The number of nitrogens with one attached hydrogen (secondary N) is 2. The fourth-order valence-electron chi connectivity index (χ4n) is 3.64. The van der Waals surface area contributed by atoms with Crippen LogP contribution in [0.2, 0.25) is 0 Å². The SMILES string of the molecule is CCC1=NN(Cc2ccccc2C)C(=O)C1CCNC(=O)Nc1cccc(CC)c1. The smallest absolute Gasteiger partial charge is 0.319 e. The van der Waals surface area contributed by atoms with Crippen LogP contribution in [0.5, 0.6) is 0 Å². The molecule has 1 aliphatic rings. The van der Waals surface area contributed by atoms with E-state index in [-0.39, 0.29) is 17.9 Å². The van der Waals surface area contributed by atoms with Crippen LogP contribution in [-0.4, -0.2) is 29.2 Å². The predicted molar refractivity (Wildman–Crippen MR) is 120 cm³/mol. The molecule has 1 heterocycles. The average molecular weight is 407 g/mol. The molecule has 2 N–H and O–H groups in total. The number of hydrogen-bond acceptors (Lipinski definition) is 3. The van der Waals surface area contributed by atoms with Gasteiger partial charge in [0.25, 0.3) is 5.91 Å². The number of carbonyl (C=O) groups is 2. The van der Waals surface area contributed by atoms with Crippen molar-refractivity contribution in [1.82, 2.24) is 10.3 Å². The first-order valence-corrected chi connectivity index (χ1v) is 10.6. The summed E-state index contributed by atoms with van der Waals surface area (Å²) in [6.07, 6.45) is 2.17. The number of benzene rings is 2. The molecule has 6 nitrogen and oxygen atoms in total. The molecule has 0 fully saturated rings. The van der Waals surface area contributed by atoms with Crippen molar-refractivity contribution < 1.29 is 9.59 Å². The predicted octanol–water partition coefficient (Wildman–Crippen LogP) is 4.49. The van der Waals surface area contributed by atoms with Gasteiger partial charge in [-0.25, -0.2) is 9.80 Å². The molecule has 0 aliphatic carbocycles. The Kier molecular flexibility index (Phi) is 7.22. The van der Waals surface area contributed by atoms with E-state index in [1.165, 1.54) is 5.56 Å². The first kappa shape index (κ1) is 21.6. The van der Waals surface area contributed by atoms with E-state index in [9.17, 15) is 9.59 Å². The lowest BCUT2D eigenvalue weighted by Gasteiger charge is -2.16. The number of rotatable bonds is 8. The minimum Gasteiger partial charge on any atom is -0.338 e. The number of hydrogen-bond donors (Lipinski definition) is 2. The van der Waals surface area contributed by atoms with Gasteiger partial charge in [0, 0.05) is 12.2 Å². The van der Waals surface area contributed by atoms with Crippen molar-refractivity contribution in [3.8, 4) is 0 Å². The lowest BCUT2D eigenvalue weighted by atomic mass is 9.97. The zero-order chi connectivity index (χ0) is 21.5. The first-order valence-electron chi connectivity index (χ1n) is 10.6. The van der Waals surface area contributed by atoms with E-state index in [4.69, 9.17) is 0 Å². The normalized spacial score (nSPS) is 15.8. The summed E-state index contributed by atoms with van der Waals surface area (Å²) in [5, 5.41) is 11.8. The topological polar surface area (TPSA) is 73.8 Å². The summed E-state index contributed by atoms with van der Waals surface area (Å²) in [4.78, 5) is 25.1. The molecule has 30 heavy (non-hydrogen) atoms. The molecular formula is C24H30N4O2. The van der Waals surface area contributed by atoms with Crippen molar-refractivity contribution in [3.63, 3.8) is 0 Å². The fourth-order valence-corrected chi connectivity index (χ4v) is 3.64. The number of amides is 3. The van der Waals surface area contributed by atoms with Crippen LogP contribution in [0.4, 0.5) is 10.5 Å². The first-order chi connectivity index (χ1) is 14.5. The quantitative estimate of drug-likeness (QED) is 0.678. The van der Waals surface area contributed by atoms with Gasteiger partial charge in [0.05, 0.1) is 18.2 Å². The van der Waals surface area contributed by atoms with E-state index < -0.39 is 0 Å². The Morgan fingerprint density at radius 2 is 1.90 bits per heavy atom. The molecule has 0 saturated carbocycles. The van der Waals surface area contributed by atoms with E-state index in [1.807, 2.05) is 62.4 Å². The van der Waals surface area contributed by atoms with E-state index in [1.54, 1.807) is 5.01 Å². The van der Waals surface area contributed by atoms with Gasteiger partial charge in [-0.2, -0.15) is 5.10 Å². The lowest BCUT2D eigenvalue weighted by Crippen LogP contribution is -2.34. The van der Waals surface area contributed by atoms with Gasteiger partial charge < -0.3 is 10.6 Å². The van der Waals surface area contributed by atoms with Crippen LogP contribution in [0, 0.1) is 12.8 Å². The van der Waals surface area contributed by atoms with Gasteiger partial charge in [-0.15, -0.1) is 0 Å². The van der Waals surface area contributed by atoms with Crippen LogP contribution < -0.4 is 10.6 Å². The summed E-state index contributed by atoms with van der Waals surface area (Å²) in [6.45, 7) is 7.01. The zero-order valence-corrected chi connectivity index (χ0v) is 17.9. The number of hydrazone groups is 1. The van der Waals surface area contributed by atoms with E-state index in [2.05, 4.69) is 22.7 Å². The molecule has 3 amide bonds. The molecular weight excluding hydrogens is 376 g/mol. The highest BCUT2D eigenvalue weighted by Crippen LogP contribution is 2.23. The van der Waals surface area contributed by atoms with Crippen molar-refractivity contribution in [1.29, 1.82) is 0 Å². The molecule has 2 aromatic carbocycles. The molecule has 0 spiro atoms. The van der Waals surface area contributed by atoms with E-state index in [0.29, 0.717) is 19.5 Å². The summed E-state index contributed by atoms with van der Waals surface area (Å²) in [7, 11) is 0. The van der Waals surface area contributed by atoms with Gasteiger partial charge in [0.1, 0.15) is 0 Å². The summed E-state index contributed by atoms with van der Waals surface area (Å²) >= 11 is 0. The molecule has 0 radical (unpaired) electrons. The number of aryl methyl sites for hydroxylation is 2. The molecule has 3 rings (SSSR count). The van der Waals surface area contributed by atoms with Crippen LogP contribution in [0.15, 0.2) is 53.6 Å². The highest BCUT2D eigenvalue weighted by Gasteiger charge is 2.34. The average Bonchev–Trinajstić information content (AvgIpc) is 3.04. The molecule has 1 aliphatic heterocycles. The fraction of sp³-hybridized carbons (Fsp3) is 0.375. The molecule has 0 saturated heterocycles. The summed E-state index contributed by atoms with van der Waals surface area (Å²) in [5.74, 6) is -0.268. The second kappa shape index (κ2) is 10.1. The summed E-state index contributed by atoms with van der Waals surface area (Å²) in [5.41, 5.74) is 5.06. The molecule has 158 valence electrons. The highest BCUT2D eigenvalue weighted by atomic mass is 16.2. The lowest BCUT2D eigenvalue weighted by molar-refractivity contribution is -0.132. The third kappa shape index (κ3) is 5.26. The molecule has 2 aromatic rings. The maximum Gasteiger partial charge on any atom is 0.319 e. The minimum absolute atomic E-state index is 0.00737. The van der Waals surface area contributed by atoms with Crippen LogP contribution in [-0.2, 0) is 17.8 Å². The Morgan fingerprint density at radius 3 is 2.63 bits per heavy atom. The molecule has 0 aromatic heterocycles. The van der Waals surface area contributed by atoms with Crippen molar-refractivity contribution in [2.75, 3.05) is 11.9 Å². The summed E-state index contributed by atoms with van der Waals surface area (Å²) in [6, 6.07) is 15.6. The maximum atomic E-state index is 12.9. The molecule has 0 bridgehead atoms. The summed E-state index contributed by atoms with van der Waals surface area (Å²) < 4.78 is 0. The Hall–Kier alpha value is -3.15. The Bertz CT molecular complexity index is 938. The van der Waals surface area contributed by atoms with Gasteiger partial charge in [-0.1, -0.05) is 50.2 Å². The van der Waals surface area contributed by atoms with Crippen molar-refractivity contribution in [2.24, 2.45) is 11.0 Å². The molecule has 6 heteroatoms. The van der Waals surface area contributed by atoms with Crippen molar-refractivity contribution in [2.45, 2.75) is 46.6 Å². The molecule has 1 atom stereocenters. The van der Waals surface area contributed by atoms with Crippen molar-refractivity contribution in [3.05, 3.63) is 65.2 Å². The van der Waals surface area contributed by atoms with Crippen LogP contribution in [0.3, 0.4) is 0 Å². The Labute approximate surface area is 178 Å². The minimum atomic E-state index is -0.275. The van der Waals surface area contributed by atoms with Gasteiger partial charge in [-0.3, -0.25) is 4.79 Å². The Morgan fingerprint density at radius 1 is 1.10 bits per heavy atom. The van der Waals surface area contributed by atoms with E-state index >= 15 is 0 Å². The second-order valence-electron chi connectivity index (χ2n) is 7.54. The second-order valence-corrected chi connectivity index (χ2v) is 7.54. The van der Waals surface area contributed by atoms with Crippen LogP contribution in [0.25, 0.3) is 0 Å². The van der Waals surface area contributed by atoms with Gasteiger partial charge in [0.15, 0.2) is 0 Å². The Balaban J connectivity index is 1.53. The largest absolute Gasteiger partial charge is 0.338 e. The van der Waals surface area contributed by atoms with E-state index in [0.717, 1.165) is 35.4 Å². The number of nitrogens with zero attached hydrogens (tertiary/aromatic N) is 2. The molecule has 1 unspecified atom stereocenters. The third-order valence-corrected chi connectivity index (χ3v) is 5.46.